The third-order valence-electron chi connectivity index (χ3n) is 3.53. The van der Waals surface area contributed by atoms with Gasteiger partial charge in [0.1, 0.15) is 0 Å². The zero-order chi connectivity index (χ0) is 15.1. The van der Waals surface area contributed by atoms with Crippen LogP contribution in [0.1, 0.15) is 35.7 Å². The van der Waals surface area contributed by atoms with Gasteiger partial charge in [-0.1, -0.05) is 6.92 Å². The highest BCUT2D eigenvalue weighted by atomic mass is 79.9. The highest BCUT2D eigenvalue weighted by Gasteiger charge is 2.37. The van der Waals surface area contributed by atoms with Crippen LogP contribution < -0.4 is 5.32 Å². The van der Waals surface area contributed by atoms with E-state index >= 15 is 0 Å². The molecule has 1 saturated carbocycles. The van der Waals surface area contributed by atoms with Crippen LogP contribution in [0.15, 0.2) is 21.5 Å². The molecule has 0 aromatic heterocycles. The molecule has 0 unspecified atom stereocenters. The van der Waals surface area contributed by atoms with E-state index in [-0.39, 0.29) is 16.2 Å². The summed E-state index contributed by atoms with van der Waals surface area (Å²) in [6.07, 6.45) is 2.21. The summed E-state index contributed by atoms with van der Waals surface area (Å²) in [4.78, 5) is 12.0. The fourth-order valence-corrected chi connectivity index (χ4v) is 3.99. The quantitative estimate of drug-likeness (QED) is 0.816. The number of nitrogens with one attached hydrogen (secondary N) is 1. The van der Waals surface area contributed by atoms with Gasteiger partial charge in [0.25, 0.3) is 15.0 Å². The van der Waals surface area contributed by atoms with Crippen molar-refractivity contribution in [3.05, 3.63) is 27.7 Å². The summed E-state index contributed by atoms with van der Waals surface area (Å²) in [5.74, 6) is -0.282. The molecule has 1 N–H and O–H groups in total. The zero-order valence-electron chi connectivity index (χ0n) is 11.2. The van der Waals surface area contributed by atoms with E-state index in [1.807, 2.05) is 0 Å². The van der Waals surface area contributed by atoms with Crippen molar-refractivity contribution in [1.82, 2.24) is 5.32 Å². The number of halogens is 2. The van der Waals surface area contributed by atoms with Crippen LogP contribution in [-0.2, 0) is 9.05 Å². The first-order chi connectivity index (χ1) is 9.12. The van der Waals surface area contributed by atoms with Crippen LogP contribution in [-0.4, -0.2) is 20.9 Å². The topological polar surface area (TPSA) is 63.2 Å². The van der Waals surface area contributed by atoms with Gasteiger partial charge < -0.3 is 5.32 Å². The number of carbonyl (C=O) groups is 1. The van der Waals surface area contributed by atoms with E-state index in [2.05, 4.69) is 28.2 Å². The maximum absolute atomic E-state index is 12.1. The molecule has 0 saturated heterocycles. The minimum absolute atomic E-state index is 0.0815. The Hall–Kier alpha value is -0.590. The first kappa shape index (κ1) is 15.8. The summed E-state index contributed by atoms with van der Waals surface area (Å²) >= 11 is 3.18. The maximum atomic E-state index is 12.1. The number of amides is 1. The molecule has 1 aromatic rings. The summed E-state index contributed by atoms with van der Waals surface area (Å²) in [6.45, 7) is 4.42. The molecule has 7 heteroatoms. The Balaban J connectivity index is 2.28. The molecule has 0 atom stereocenters. The highest BCUT2D eigenvalue weighted by Crippen LogP contribution is 2.44. The van der Waals surface area contributed by atoms with Crippen LogP contribution >= 0.6 is 26.6 Å². The van der Waals surface area contributed by atoms with Crippen LogP contribution in [0.2, 0.25) is 0 Å². The Morgan fingerprint density at radius 1 is 1.45 bits per heavy atom. The van der Waals surface area contributed by atoms with Gasteiger partial charge in [0, 0.05) is 27.3 Å². The first-order valence-corrected chi connectivity index (χ1v) is 9.26. The van der Waals surface area contributed by atoms with Crippen molar-refractivity contribution in [2.45, 2.75) is 31.6 Å². The van der Waals surface area contributed by atoms with Crippen molar-refractivity contribution in [1.29, 1.82) is 0 Å². The molecule has 1 aliphatic carbocycles. The Kier molecular flexibility index (Phi) is 4.19. The molecule has 0 aliphatic heterocycles. The second-order valence-electron chi connectivity index (χ2n) is 5.54. The zero-order valence-corrected chi connectivity index (χ0v) is 14.3. The number of rotatable bonds is 4. The Morgan fingerprint density at radius 2 is 2.05 bits per heavy atom. The minimum atomic E-state index is -3.90. The van der Waals surface area contributed by atoms with Crippen molar-refractivity contribution in [2.24, 2.45) is 5.41 Å². The predicted molar refractivity (Wildman–Crippen MR) is 81.6 cm³/mol. The van der Waals surface area contributed by atoms with Gasteiger partial charge in [-0.25, -0.2) is 8.42 Å². The summed E-state index contributed by atoms with van der Waals surface area (Å²) < 4.78 is 23.4. The van der Waals surface area contributed by atoms with Gasteiger partial charge in [-0.3, -0.25) is 4.79 Å². The van der Waals surface area contributed by atoms with Crippen molar-refractivity contribution in [2.75, 3.05) is 6.54 Å². The SMILES string of the molecule is Cc1cc(C(=O)NCC2(C)CC2)cc(S(=O)(=O)Cl)c1Br. The van der Waals surface area contributed by atoms with Crippen LogP contribution in [0, 0.1) is 12.3 Å². The van der Waals surface area contributed by atoms with Crippen LogP contribution in [0.3, 0.4) is 0 Å². The fraction of sp³-hybridized carbons (Fsp3) is 0.462. The summed E-state index contributed by atoms with van der Waals surface area (Å²) in [5, 5.41) is 2.83. The lowest BCUT2D eigenvalue weighted by Crippen LogP contribution is -2.29. The van der Waals surface area contributed by atoms with Gasteiger partial charge in [0.2, 0.25) is 0 Å². The predicted octanol–water partition coefficient (Wildman–Crippen LogP) is 3.21. The first-order valence-electron chi connectivity index (χ1n) is 6.15. The third kappa shape index (κ3) is 3.54. The van der Waals surface area contributed by atoms with E-state index in [0.29, 0.717) is 22.1 Å². The lowest BCUT2D eigenvalue weighted by atomic mass is 10.1. The van der Waals surface area contributed by atoms with Crippen molar-refractivity contribution < 1.29 is 13.2 Å². The highest BCUT2D eigenvalue weighted by molar-refractivity contribution is 9.10. The Labute approximate surface area is 131 Å². The van der Waals surface area contributed by atoms with Crippen molar-refractivity contribution >= 4 is 41.6 Å². The van der Waals surface area contributed by atoms with E-state index in [4.69, 9.17) is 10.7 Å². The normalized spacial score (nSPS) is 16.8. The monoisotopic (exact) mass is 379 g/mol. The average Bonchev–Trinajstić information content (AvgIpc) is 3.06. The lowest BCUT2D eigenvalue weighted by molar-refractivity contribution is 0.0946. The second kappa shape index (κ2) is 5.31. The van der Waals surface area contributed by atoms with E-state index in [9.17, 15) is 13.2 Å². The van der Waals surface area contributed by atoms with Gasteiger partial charge in [0.15, 0.2) is 0 Å². The average molecular weight is 381 g/mol. The van der Waals surface area contributed by atoms with Crippen LogP contribution in [0.5, 0.6) is 0 Å². The molecule has 110 valence electrons. The van der Waals surface area contributed by atoms with Crippen LogP contribution in [0.4, 0.5) is 0 Å². The van der Waals surface area contributed by atoms with Gasteiger partial charge in [0.05, 0.1) is 4.90 Å². The fourth-order valence-electron chi connectivity index (χ4n) is 1.83. The van der Waals surface area contributed by atoms with Gasteiger partial charge in [-0.2, -0.15) is 0 Å². The molecule has 4 nitrogen and oxygen atoms in total. The number of hydrogen-bond acceptors (Lipinski definition) is 3. The van der Waals surface area contributed by atoms with E-state index in [0.717, 1.165) is 12.8 Å². The minimum Gasteiger partial charge on any atom is -0.351 e. The van der Waals surface area contributed by atoms with Gasteiger partial charge in [-0.15, -0.1) is 0 Å². The molecule has 1 fully saturated rings. The molecule has 0 spiro atoms. The maximum Gasteiger partial charge on any atom is 0.262 e. The number of benzene rings is 1. The second-order valence-corrected chi connectivity index (χ2v) is 8.86. The van der Waals surface area contributed by atoms with E-state index in [1.54, 1.807) is 13.0 Å². The third-order valence-corrected chi connectivity index (χ3v) is 6.19. The molecule has 20 heavy (non-hydrogen) atoms. The van der Waals surface area contributed by atoms with Crippen LogP contribution in [0.25, 0.3) is 0 Å². The summed E-state index contributed by atoms with van der Waals surface area (Å²) in [5.41, 5.74) is 1.14. The number of aryl methyl sites for hydroxylation is 1. The van der Waals surface area contributed by atoms with E-state index in [1.165, 1.54) is 6.07 Å². The smallest absolute Gasteiger partial charge is 0.262 e. The number of hydrogen-bond donors (Lipinski definition) is 1. The molecule has 1 aliphatic rings. The Bertz CT molecular complexity index is 668. The molecule has 0 radical (unpaired) electrons. The summed E-state index contributed by atoms with van der Waals surface area (Å²) in [7, 11) is 1.48. The summed E-state index contributed by atoms with van der Waals surface area (Å²) in [6, 6.07) is 2.93. The van der Waals surface area contributed by atoms with E-state index < -0.39 is 9.05 Å². The molecule has 0 heterocycles. The van der Waals surface area contributed by atoms with Crippen molar-refractivity contribution in [3.63, 3.8) is 0 Å². The largest absolute Gasteiger partial charge is 0.351 e. The Morgan fingerprint density at radius 3 is 2.55 bits per heavy atom. The molecular weight excluding hydrogens is 366 g/mol. The molecular formula is C13H15BrClNO3S. The van der Waals surface area contributed by atoms with Gasteiger partial charge >= 0.3 is 0 Å². The molecule has 1 aromatic carbocycles. The van der Waals surface area contributed by atoms with Crippen molar-refractivity contribution in [3.8, 4) is 0 Å². The lowest BCUT2D eigenvalue weighted by Gasteiger charge is -2.12. The standard InChI is InChI=1S/C13H15BrClNO3S/c1-8-5-9(6-10(11(8)14)20(15,18)19)12(17)16-7-13(2)3-4-13/h5-6H,3-4,7H2,1-2H3,(H,16,17). The van der Waals surface area contributed by atoms with Gasteiger partial charge in [-0.05, 0) is 58.8 Å². The molecule has 1 amide bonds. The number of carbonyl (C=O) groups excluding carboxylic acids is 1. The molecule has 2 rings (SSSR count). The molecule has 0 bridgehead atoms.